The van der Waals surface area contributed by atoms with Gasteiger partial charge in [0, 0.05) is 48.9 Å². The topological polar surface area (TPSA) is 98.1 Å². The van der Waals surface area contributed by atoms with E-state index in [-0.39, 0.29) is 30.5 Å². The lowest BCUT2D eigenvalue weighted by molar-refractivity contribution is -0.127. The standard InChI is InChI=1S/C30H27N3O6/c1-38-22-9-5-7-20(17-22)28(35)31-13-15-32(16-14-31)30(37)27(34)25-19-33(26-12-4-3-11-24(25)26)29(36)21-8-6-10-23(18-21)39-2/h3-12,17-19H,13-16H2,1-2H3. The maximum absolute atomic E-state index is 13.4. The maximum Gasteiger partial charge on any atom is 0.295 e. The maximum atomic E-state index is 13.4. The van der Waals surface area contributed by atoms with E-state index in [2.05, 4.69) is 0 Å². The number of amides is 2. The zero-order valence-corrected chi connectivity index (χ0v) is 21.6. The smallest absolute Gasteiger partial charge is 0.295 e. The molecule has 1 aliphatic rings. The van der Waals surface area contributed by atoms with Crippen LogP contribution in [0.25, 0.3) is 10.9 Å². The van der Waals surface area contributed by atoms with Gasteiger partial charge in [0.15, 0.2) is 0 Å². The second kappa shape index (κ2) is 10.8. The molecule has 0 aliphatic carbocycles. The summed E-state index contributed by atoms with van der Waals surface area (Å²) in [6.07, 6.45) is 1.43. The van der Waals surface area contributed by atoms with Gasteiger partial charge in [-0.15, -0.1) is 0 Å². The molecule has 9 heteroatoms. The first-order valence-electron chi connectivity index (χ1n) is 12.5. The van der Waals surface area contributed by atoms with Gasteiger partial charge in [0.1, 0.15) is 11.5 Å². The van der Waals surface area contributed by atoms with Crippen molar-refractivity contribution in [3.63, 3.8) is 0 Å². The number of hydrogen-bond donors (Lipinski definition) is 0. The molecule has 3 aromatic carbocycles. The number of aromatic nitrogens is 1. The summed E-state index contributed by atoms with van der Waals surface area (Å²) in [4.78, 5) is 56.0. The van der Waals surface area contributed by atoms with E-state index in [1.807, 2.05) is 0 Å². The summed E-state index contributed by atoms with van der Waals surface area (Å²) in [5.74, 6) is -0.749. The van der Waals surface area contributed by atoms with Crippen LogP contribution in [-0.4, -0.2) is 78.3 Å². The molecule has 0 N–H and O–H groups in total. The molecule has 1 aromatic heterocycles. The lowest BCUT2D eigenvalue weighted by atomic mass is 10.1. The van der Waals surface area contributed by atoms with Crippen molar-refractivity contribution in [2.24, 2.45) is 0 Å². The number of carbonyl (C=O) groups is 4. The van der Waals surface area contributed by atoms with Crippen LogP contribution in [-0.2, 0) is 4.79 Å². The molecule has 198 valence electrons. The van der Waals surface area contributed by atoms with Gasteiger partial charge >= 0.3 is 0 Å². The Morgan fingerprint density at radius 2 is 1.23 bits per heavy atom. The molecule has 1 fully saturated rings. The summed E-state index contributed by atoms with van der Waals surface area (Å²) in [6, 6.07) is 20.6. The zero-order valence-electron chi connectivity index (χ0n) is 21.6. The fourth-order valence-electron chi connectivity index (χ4n) is 4.73. The zero-order chi connectivity index (χ0) is 27.5. The second-order valence-corrected chi connectivity index (χ2v) is 9.11. The van der Waals surface area contributed by atoms with Gasteiger partial charge in [0.2, 0.25) is 0 Å². The van der Waals surface area contributed by atoms with Crippen molar-refractivity contribution in [2.45, 2.75) is 0 Å². The van der Waals surface area contributed by atoms with E-state index < -0.39 is 11.7 Å². The molecule has 9 nitrogen and oxygen atoms in total. The number of ketones is 1. The van der Waals surface area contributed by atoms with E-state index in [4.69, 9.17) is 9.47 Å². The lowest BCUT2D eigenvalue weighted by Gasteiger charge is -2.34. The van der Waals surface area contributed by atoms with Gasteiger partial charge in [-0.2, -0.15) is 0 Å². The molecular formula is C30H27N3O6. The lowest BCUT2D eigenvalue weighted by Crippen LogP contribution is -2.52. The molecule has 2 heterocycles. The van der Waals surface area contributed by atoms with Gasteiger partial charge < -0.3 is 19.3 Å². The monoisotopic (exact) mass is 525 g/mol. The number of fused-ring (bicyclic) bond motifs is 1. The number of hydrogen-bond acceptors (Lipinski definition) is 6. The summed E-state index contributed by atoms with van der Waals surface area (Å²) in [6.45, 7) is 1.04. The van der Waals surface area contributed by atoms with Crippen LogP contribution in [0.5, 0.6) is 11.5 Å². The first-order chi connectivity index (χ1) is 18.9. The van der Waals surface area contributed by atoms with Crippen molar-refractivity contribution < 1.29 is 28.7 Å². The summed E-state index contributed by atoms with van der Waals surface area (Å²) >= 11 is 0. The average molecular weight is 526 g/mol. The molecule has 2 amide bonds. The first-order valence-corrected chi connectivity index (χ1v) is 12.5. The van der Waals surface area contributed by atoms with Crippen molar-refractivity contribution in [1.82, 2.24) is 14.4 Å². The summed E-state index contributed by atoms with van der Waals surface area (Å²) in [7, 11) is 3.06. The number of carbonyl (C=O) groups excluding carboxylic acids is 4. The van der Waals surface area contributed by atoms with E-state index in [9.17, 15) is 19.2 Å². The number of para-hydroxylation sites is 1. The summed E-state index contributed by atoms with van der Waals surface area (Å²) in [5, 5.41) is 0.513. The molecule has 1 saturated heterocycles. The van der Waals surface area contributed by atoms with Crippen LogP contribution < -0.4 is 9.47 Å². The molecule has 0 radical (unpaired) electrons. The van der Waals surface area contributed by atoms with Gasteiger partial charge in [0.25, 0.3) is 23.5 Å². The van der Waals surface area contributed by atoms with Crippen molar-refractivity contribution in [3.05, 3.63) is 95.7 Å². The SMILES string of the molecule is COc1cccc(C(=O)N2CCN(C(=O)C(=O)c3cn(C(=O)c4cccc(OC)c4)c4ccccc34)CC2)c1. The van der Waals surface area contributed by atoms with Crippen molar-refractivity contribution in [1.29, 1.82) is 0 Å². The Morgan fingerprint density at radius 3 is 1.85 bits per heavy atom. The van der Waals surface area contributed by atoms with Crippen LogP contribution in [0.15, 0.2) is 79.0 Å². The van der Waals surface area contributed by atoms with Gasteiger partial charge in [-0.3, -0.25) is 23.7 Å². The van der Waals surface area contributed by atoms with Gasteiger partial charge in [-0.25, -0.2) is 0 Å². The molecule has 1 aliphatic heterocycles. The first kappa shape index (κ1) is 25.7. The van der Waals surface area contributed by atoms with Crippen LogP contribution in [0.4, 0.5) is 0 Å². The molecule has 0 atom stereocenters. The highest BCUT2D eigenvalue weighted by Gasteiger charge is 2.31. The molecule has 0 saturated carbocycles. The second-order valence-electron chi connectivity index (χ2n) is 9.11. The molecule has 0 bridgehead atoms. The van der Waals surface area contributed by atoms with Gasteiger partial charge in [0.05, 0.1) is 25.3 Å². The fourth-order valence-corrected chi connectivity index (χ4v) is 4.73. The Morgan fingerprint density at radius 1 is 0.667 bits per heavy atom. The van der Waals surface area contributed by atoms with E-state index in [0.29, 0.717) is 46.6 Å². The van der Waals surface area contributed by atoms with E-state index in [1.165, 1.54) is 29.9 Å². The van der Waals surface area contributed by atoms with Crippen LogP contribution in [0.1, 0.15) is 31.1 Å². The highest BCUT2D eigenvalue weighted by atomic mass is 16.5. The Bertz CT molecular complexity index is 1580. The molecule has 5 rings (SSSR count). The van der Waals surface area contributed by atoms with Crippen molar-refractivity contribution in [3.8, 4) is 11.5 Å². The number of nitrogens with zero attached hydrogens (tertiary/aromatic N) is 3. The molecule has 0 spiro atoms. The third-order valence-electron chi connectivity index (χ3n) is 6.86. The minimum absolute atomic E-state index is 0.154. The Kier molecular flexibility index (Phi) is 7.14. The highest BCUT2D eigenvalue weighted by Crippen LogP contribution is 2.25. The van der Waals surface area contributed by atoms with Crippen molar-refractivity contribution >= 4 is 34.4 Å². The molecule has 0 unspecified atom stereocenters. The third kappa shape index (κ3) is 4.98. The Balaban J connectivity index is 1.34. The number of Topliss-reactive ketones (excluding diaryl/α,β-unsaturated/α-hetero) is 1. The van der Waals surface area contributed by atoms with E-state index >= 15 is 0 Å². The van der Waals surface area contributed by atoms with E-state index in [0.717, 1.165) is 0 Å². The average Bonchev–Trinajstić information content (AvgIpc) is 3.39. The molecule has 39 heavy (non-hydrogen) atoms. The quantitative estimate of drug-likeness (QED) is 0.282. The number of piperazine rings is 1. The highest BCUT2D eigenvalue weighted by molar-refractivity contribution is 6.45. The summed E-state index contributed by atoms with van der Waals surface area (Å²) in [5.41, 5.74) is 1.56. The van der Waals surface area contributed by atoms with Gasteiger partial charge in [-0.05, 0) is 42.5 Å². The van der Waals surface area contributed by atoms with Crippen LogP contribution in [0.2, 0.25) is 0 Å². The Hall–Kier alpha value is -4.92. The van der Waals surface area contributed by atoms with Crippen LogP contribution >= 0.6 is 0 Å². The number of benzene rings is 3. The molecular weight excluding hydrogens is 498 g/mol. The minimum Gasteiger partial charge on any atom is -0.497 e. The normalized spacial score (nSPS) is 13.3. The van der Waals surface area contributed by atoms with E-state index in [1.54, 1.807) is 77.7 Å². The van der Waals surface area contributed by atoms with Crippen LogP contribution in [0, 0.1) is 0 Å². The predicted octanol–water partition coefficient (Wildman–Crippen LogP) is 3.51. The Labute approximate surface area is 225 Å². The third-order valence-corrected chi connectivity index (χ3v) is 6.86. The predicted molar refractivity (Wildman–Crippen MR) is 144 cm³/mol. The summed E-state index contributed by atoms with van der Waals surface area (Å²) < 4.78 is 11.8. The molecule has 4 aromatic rings. The van der Waals surface area contributed by atoms with Crippen molar-refractivity contribution in [2.75, 3.05) is 40.4 Å². The number of ether oxygens (including phenoxy) is 2. The largest absolute Gasteiger partial charge is 0.497 e. The van der Waals surface area contributed by atoms with Gasteiger partial charge in [-0.1, -0.05) is 30.3 Å². The number of methoxy groups -OCH3 is 2. The number of rotatable bonds is 6. The fraction of sp³-hybridized carbons (Fsp3) is 0.200. The van der Waals surface area contributed by atoms with Crippen LogP contribution in [0.3, 0.4) is 0 Å². The minimum atomic E-state index is -0.698.